The Bertz CT molecular complexity index is 1050. The van der Waals surface area contributed by atoms with Crippen LogP contribution in [0.1, 0.15) is 42.1 Å². The lowest BCUT2D eigenvalue weighted by atomic mass is 9.72. The van der Waals surface area contributed by atoms with Gasteiger partial charge in [-0.15, -0.1) is 0 Å². The molecule has 28 heavy (non-hydrogen) atoms. The maximum Gasteiger partial charge on any atom is 0.418 e. The Kier molecular flexibility index (Phi) is 4.80. The van der Waals surface area contributed by atoms with Crippen LogP contribution in [0.5, 0.6) is 0 Å². The van der Waals surface area contributed by atoms with E-state index in [1.54, 1.807) is 11.5 Å². The first-order valence-electron chi connectivity index (χ1n) is 9.86. The number of aryl methyl sites for hydroxylation is 1. The van der Waals surface area contributed by atoms with Crippen molar-refractivity contribution < 1.29 is 14.3 Å². The Hall–Kier alpha value is -2.88. The zero-order valence-corrected chi connectivity index (χ0v) is 16.6. The Labute approximate surface area is 165 Å². The zero-order chi connectivity index (χ0) is 19.8. The van der Waals surface area contributed by atoms with E-state index in [9.17, 15) is 9.59 Å². The molecule has 0 saturated heterocycles. The molecule has 4 heteroatoms. The first kappa shape index (κ1) is 18.5. The molecule has 1 aliphatic rings. The van der Waals surface area contributed by atoms with Gasteiger partial charge in [0, 0.05) is 17.0 Å². The van der Waals surface area contributed by atoms with Crippen molar-refractivity contribution in [2.45, 2.75) is 39.5 Å². The number of benzene rings is 2. The van der Waals surface area contributed by atoms with Crippen LogP contribution in [-0.4, -0.2) is 23.1 Å². The second-order valence-corrected chi connectivity index (χ2v) is 7.62. The van der Waals surface area contributed by atoms with Gasteiger partial charge in [-0.25, -0.2) is 9.36 Å². The molecular weight excluding hydrogens is 350 g/mol. The van der Waals surface area contributed by atoms with Gasteiger partial charge in [-0.05, 0) is 56.7 Å². The highest BCUT2D eigenvalue weighted by Crippen LogP contribution is 2.42. The number of hydrogen-bond donors (Lipinski definition) is 0. The number of Topliss-reactive ketones (excluding diaryl/α,β-unsaturated/α-hetero) is 1. The van der Waals surface area contributed by atoms with E-state index in [1.807, 2.05) is 31.2 Å². The smallest absolute Gasteiger partial charge is 0.418 e. The molecule has 0 N–H and O–H groups in total. The van der Waals surface area contributed by atoms with Gasteiger partial charge in [0.2, 0.25) is 0 Å². The molecule has 0 amide bonds. The van der Waals surface area contributed by atoms with Gasteiger partial charge in [0.05, 0.1) is 12.1 Å². The molecule has 2 aromatic carbocycles. The Morgan fingerprint density at radius 2 is 1.79 bits per heavy atom. The fraction of sp³-hybridized carbons (Fsp3) is 0.333. The lowest BCUT2D eigenvalue weighted by molar-refractivity contribution is -0.121. The average molecular weight is 375 g/mol. The van der Waals surface area contributed by atoms with E-state index in [-0.39, 0.29) is 23.7 Å². The molecule has 144 valence electrons. The SMILES string of the molecule is CCOC(=O)n1c2c(c3ccccc31)C[C@H](C(C)=O)[C@H](c1ccc(C)cc1)C2. The number of carbonyl (C=O) groups excluding carboxylic acids is 2. The number of nitrogens with zero attached hydrogens (tertiary/aromatic N) is 1. The summed E-state index contributed by atoms with van der Waals surface area (Å²) in [4.78, 5) is 25.3. The molecule has 3 aromatic rings. The van der Waals surface area contributed by atoms with Crippen molar-refractivity contribution in [1.82, 2.24) is 4.57 Å². The molecule has 4 rings (SSSR count). The fourth-order valence-electron chi connectivity index (χ4n) is 4.50. The highest BCUT2D eigenvalue weighted by molar-refractivity contribution is 5.95. The third-order valence-corrected chi connectivity index (χ3v) is 5.89. The first-order valence-corrected chi connectivity index (χ1v) is 9.86. The van der Waals surface area contributed by atoms with E-state index in [2.05, 4.69) is 31.2 Å². The summed E-state index contributed by atoms with van der Waals surface area (Å²) in [6.45, 7) is 5.89. The van der Waals surface area contributed by atoms with Crippen molar-refractivity contribution in [3.8, 4) is 0 Å². The lowest BCUT2D eigenvalue weighted by Gasteiger charge is -2.31. The third kappa shape index (κ3) is 3.03. The van der Waals surface area contributed by atoms with Crippen LogP contribution >= 0.6 is 0 Å². The molecule has 0 radical (unpaired) electrons. The summed E-state index contributed by atoms with van der Waals surface area (Å²) in [7, 11) is 0. The van der Waals surface area contributed by atoms with Crippen LogP contribution < -0.4 is 0 Å². The second kappa shape index (κ2) is 7.27. The van der Waals surface area contributed by atoms with Crippen molar-refractivity contribution in [2.75, 3.05) is 6.61 Å². The van der Waals surface area contributed by atoms with Gasteiger partial charge in [-0.3, -0.25) is 4.79 Å². The maximum atomic E-state index is 12.8. The lowest BCUT2D eigenvalue weighted by Crippen LogP contribution is -2.30. The van der Waals surface area contributed by atoms with Crippen LogP contribution in [0.25, 0.3) is 10.9 Å². The maximum absolute atomic E-state index is 12.8. The molecule has 0 unspecified atom stereocenters. The minimum atomic E-state index is -0.344. The third-order valence-electron chi connectivity index (χ3n) is 5.89. The number of para-hydroxylation sites is 1. The van der Waals surface area contributed by atoms with E-state index in [4.69, 9.17) is 4.74 Å². The number of ketones is 1. The number of aromatic nitrogens is 1. The Morgan fingerprint density at radius 3 is 2.46 bits per heavy atom. The average Bonchev–Trinajstić information content (AvgIpc) is 3.01. The van der Waals surface area contributed by atoms with Gasteiger partial charge in [0.15, 0.2) is 0 Å². The van der Waals surface area contributed by atoms with Gasteiger partial charge in [0.1, 0.15) is 5.78 Å². The predicted octanol–water partition coefficient (Wildman–Crippen LogP) is 5.04. The van der Waals surface area contributed by atoms with Gasteiger partial charge in [-0.1, -0.05) is 48.0 Å². The standard InChI is InChI=1S/C24H25NO3/c1-4-28-24(27)25-22-8-6-5-7-18(22)21-13-19(16(3)26)20(14-23(21)25)17-11-9-15(2)10-12-17/h5-12,19-20H,4,13-14H2,1-3H3/t19-,20+/m1/s1. The largest absolute Gasteiger partial charge is 0.449 e. The van der Waals surface area contributed by atoms with Crippen LogP contribution in [0.3, 0.4) is 0 Å². The summed E-state index contributed by atoms with van der Waals surface area (Å²) in [6.07, 6.45) is 0.954. The van der Waals surface area contributed by atoms with E-state index in [0.29, 0.717) is 19.4 Å². The van der Waals surface area contributed by atoms with E-state index < -0.39 is 0 Å². The van der Waals surface area contributed by atoms with Crippen molar-refractivity contribution >= 4 is 22.8 Å². The summed E-state index contributed by atoms with van der Waals surface area (Å²) in [6, 6.07) is 16.3. The molecule has 1 aliphatic carbocycles. The van der Waals surface area contributed by atoms with Gasteiger partial charge in [0.25, 0.3) is 0 Å². The van der Waals surface area contributed by atoms with E-state index >= 15 is 0 Å². The molecule has 1 aromatic heterocycles. The molecule has 4 nitrogen and oxygen atoms in total. The van der Waals surface area contributed by atoms with Gasteiger partial charge < -0.3 is 4.74 Å². The number of ether oxygens (including phenoxy) is 1. The van der Waals surface area contributed by atoms with Crippen molar-refractivity contribution in [3.05, 3.63) is 70.9 Å². The molecular formula is C24H25NO3. The predicted molar refractivity (Wildman–Crippen MR) is 110 cm³/mol. The van der Waals surface area contributed by atoms with Crippen LogP contribution in [0, 0.1) is 12.8 Å². The molecule has 0 saturated carbocycles. The van der Waals surface area contributed by atoms with Gasteiger partial charge >= 0.3 is 6.09 Å². The van der Waals surface area contributed by atoms with Crippen LogP contribution in [-0.2, 0) is 22.4 Å². The van der Waals surface area contributed by atoms with Crippen LogP contribution in [0.15, 0.2) is 48.5 Å². The highest BCUT2D eigenvalue weighted by atomic mass is 16.5. The minimum absolute atomic E-state index is 0.0584. The molecule has 1 heterocycles. The molecule has 0 spiro atoms. The van der Waals surface area contributed by atoms with Crippen molar-refractivity contribution in [1.29, 1.82) is 0 Å². The normalized spacial score (nSPS) is 18.7. The topological polar surface area (TPSA) is 48.3 Å². The number of fused-ring (bicyclic) bond motifs is 3. The summed E-state index contributed by atoms with van der Waals surface area (Å²) in [5.41, 5.74) is 5.28. The van der Waals surface area contributed by atoms with E-state index in [1.165, 1.54) is 5.56 Å². The molecule has 0 bridgehead atoms. The summed E-state index contributed by atoms with van der Waals surface area (Å²) >= 11 is 0. The number of hydrogen-bond acceptors (Lipinski definition) is 3. The monoisotopic (exact) mass is 375 g/mol. The Morgan fingerprint density at radius 1 is 1.07 bits per heavy atom. The summed E-state index contributed by atoms with van der Waals surface area (Å²) in [5, 5.41) is 1.04. The molecule has 0 aliphatic heterocycles. The summed E-state index contributed by atoms with van der Waals surface area (Å²) < 4.78 is 7.06. The molecule has 0 fully saturated rings. The highest BCUT2D eigenvalue weighted by Gasteiger charge is 2.37. The minimum Gasteiger partial charge on any atom is -0.449 e. The van der Waals surface area contributed by atoms with Crippen LogP contribution in [0.4, 0.5) is 4.79 Å². The zero-order valence-electron chi connectivity index (χ0n) is 16.6. The van der Waals surface area contributed by atoms with Gasteiger partial charge in [-0.2, -0.15) is 0 Å². The fourth-order valence-corrected chi connectivity index (χ4v) is 4.50. The van der Waals surface area contributed by atoms with Crippen LogP contribution in [0.2, 0.25) is 0 Å². The first-order chi connectivity index (χ1) is 13.5. The van der Waals surface area contributed by atoms with Crippen molar-refractivity contribution in [3.63, 3.8) is 0 Å². The second-order valence-electron chi connectivity index (χ2n) is 7.62. The van der Waals surface area contributed by atoms with E-state index in [0.717, 1.165) is 27.7 Å². The quantitative estimate of drug-likeness (QED) is 0.644. The molecule has 2 atom stereocenters. The number of carbonyl (C=O) groups is 2. The Balaban J connectivity index is 1.89. The summed E-state index contributed by atoms with van der Waals surface area (Å²) in [5.74, 6) is 0.170. The number of rotatable bonds is 3. The van der Waals surface area contributed by atoms with Crippen molar-refractivity contribution in [2.24, 2.45) is 5.92 Å².